The molecule has 7 nitrogen and oxygen atoms in total. The van der Waals surface area contributed by atoms with Gasteiger partial charge >= 0.3 is 5.97 Å². The summed E-state index contributed by atoms with van der Waals surface area (Å²) in [6.45, 7) is 1.14. The van der Waals surface area contributed by atoms with E-state index in [1.54, 1.807) is 25.2 Å². The Morgan fingerprint density at radius 1 is 1.03 bits per heavy atom. The molecule has 0 spiro atoms. The van der Waals surface area contributed by atoms with Gasteiger partial charge in [0.1, 0.15) is 11.6 Å². The van der Waals surface area contributed by atoms with E-state index in [1.165, 1.54) is 24.0 Å². The molecule has 0 unspecified atom stereocenters. The van der Waals surface area contributed by atoms with Crippen LogP contribution in [0.15, 0.2) is 65.9 Å². The largest absolute Gasteiger partial charge is 0.454 e. The lowest BCUT2D eigenvalue weighted by Gasteiger charge is -2.19. The molecule has 2 N–H and O–H groups in total. The molecular weight excluding hydrogens is 370 g/mol. The van der Waals surface area contributed by atoms with Crippen LogP contribution >= 0.6 is 0 Å². The van der Waals surface area contributed by atoms with Crippen LogP contribution < -0.4 is 5.73 Å². The number of ether oxygens (including phenoxy) is 1. The van der Waals surface area contributed by atoms with Gasteiger partial charge in [-0.25, -0.2) is 4.79 Å². The number of carbonyl (C=O) groups excluding carboxylic acids is 3. The van der Waals surface area contributed by atoms with Crippen molar-refractivity contribution in [3.63, 3.8) is 0 Å². The minimum absolute atomic E-state index is 0.0390. The Kier molecular flexibility index (Phi) is 7.26. The average Bonchev–Trinajstić information content (AvgIpc) is 2.72. The molecule has 2 aromatic rings. The molecule has 1 amide bonds. The third-order valence-electron chi connectivity index (χ3n) is 4.11. The van der Waals surface area contributed by atoms with E-state index in [4.69, 9.17) is 15.7 Å². The normalized spacial score (nSPS) is 11.1. The number of benzene rings is 2. The maximum Gasteiger partial charge on any atom is 0.339 e. The second-order valence-electron chi connectivity index (χ2n) is 6.36. The topological polar surface area (TPSA) is 113 Å². The van der Waals surface area contributed by atoms with Crippen LogP contribution in [0.3, 0.4) is 0 Å². The molecule has 2 aromatic carbocycles. The molecule has 0 atom stereocenters. The van der Waals surface area contributed by atoms with E-state index in [9.17, 15) is 14.4 Å². The first-order valence-corrected chi connectivity index (χ1v) is 8.80. The van der Waals surface area contributed by atoms with Gasteiger partial charge in [-0.2, -0.15) is 5.26 Å². The summed E-state index contributed by atoms with van der Waals surface area (Å²) in [5, 5.41) is 8.95. The van der Waals surface area contributed by atoms with Crippen molar-refractivity contribution in [3.8, 4) is 6.07 Å². The van der Waals surface area contributed by atoms with Crippen LogP contribution in [-0.2, 0) is 16.1 Å². The molecule has 148 valence electrons. The van der Waals surface area contributed by atoms with Crippen molar-refractivity contribution in [2.24, 2.45) is 5.73 Å². The van der Waals surface area contributed by atoms with E-state index in [2.05, 4.69) is 0 Å². The van der Waals surface area contributed by atoms with E-state index in [0.29, 0.717) is 6.54 Å². The first-order valence-electron chi connectivity index (χ1n) is 8.80. The zero-order chi connectivity index (χ0) is 21.4. The fraction of sp³-hybridized carbons (Fsp3) is 0.182. The lowest BCUT2D eigenvalue weighted by Crippen LogP contribution is -2.28. The van der Waals surface area contributed by atoms with Crippen molar-refractivity contribution in [2.45, 2.75) is 13.5 Å². The first kappa shape index (κ1) is 21.4. The van der Waals surface area contributed by atoms with E-state index < -0.39 is 18.4 Å². The van der Waals surface area contributed by atoms with Crippen LogP contribution in [0.1, 0.15) is 33.2 Å². The fourth-order valence-electron chi connectivity index (χ4n) is 2.63. The van der Waals surface area contributed by atoms with Crippen molar-refractivity contribution in [1.29, 1.82) is 5.26 Å². The highest BCUT2D eigenvalue weighted by atomic mass is 16.5. The number of hydrogen-bond donors (Lipinski definition) is 1. The molecule has 0 aliphatic heterocycles. The number of hydrogen-bond acceptors (Lipinski definition) is 6. The second kappa shape index (κ2) is 9.85. The summed E-state index contributed by atoms with van der Waals surface area (Å²) in [6, 6.07) is 17.3. The third kappa shape index (κ3) is 5.53. The van der Waals surface area contributed by atoms with E-state index in [0.717, 1.165) is 5.56 Å². The highest BCUT2D eigenvalue weighted by Gasteiger charge is 2.22. The molecule has 0 saturated carbocycles. The number of ketones is 1. The number of Topliss-reactive ketones (excluding diaryl/α,β-unsaturated/α-hetero) is 1. The molecule has 7 heteroatoms. The van der Waals surface area contributed by atoms with Gasteiger partial charge in [0.15, 0.2) is 6.61 Å². The Bertz CT molecular complexity index is 987. The molecule has 0 bridgehead atoms. The van der Waals surface area contributed by atoms with Crippen LogP contribution in [0, 0.1) is 11.3 Å². The minimum atomic E-state index is -0.831. The quantitative estimate of drug-likeness (QED) is 0.441. The Morgan fingerprint density at radius 3 is 2.21 bits per heavy atom. The Labute approximate surface area is 169 Å². The molecule has 0 aromatic heterocycles. The number of nitrogens with two attached hydrogens (primary N) is 1. The summed E-state index contributed by atoms with van der Waals surface area (Å²) >= 11 is 0. The maximum absolute atomic E-state index is 12.8. The summed E-state index contributed by atoms with van der Waals surface area (Å²) in [6.07, 6.45) is 0. The van der Waals surface area contributed by atoms with Gasteiger partial charge < -0.3 is 15.4 Å². The first-order chi connectivity index (χ1) is 13.8. The lowest BCUT2D eigenvalue weighted by molar-refractivity contribution is -0.118. The Morgan fingerprint density at radius 2 is 1.62 bits per heavy atom. The van der Waals surface area contributed by atoms with Crippen molar-refractivity contribution in [1.82, 2.24) is 4.90 Å². The van der Waals surface area contributed by atoms with Gasteiger partial charge in [-0.1, -0.05) is 42.5 Å². The lowest BCUT2D eigenvalue weighted by atomic mass is 10.1. The maximum atomic E-state index is 12.8. The zero-order valence-corrected chi connectivity index (χ0v) is 16.2. The van der Waals surface area contributed by atoms with Gasteiger partial charge in [-0.05, 0) is 24.6 Å². The third-order valence-corrected chi connectivity index (χ3v) is 4.11. The molecule has 0 saturated heterocycles. The second-order valence-corrected chi connectivity index (χ2v) is 6.36. The number of allylic oxidation sites excluding steroid dienone is 1. The fourth-order valence-corrected chi connectivity index (χ4v) is 2.63. The number of carbonyl (C=O) groups is 3. The molecule has 29 heavy (non-hydrogen) atoms. The van der Waals surface area contributed by atoms with Crippen molar-refractivity contribution in [3.05, 3.63) is 82.6 Å². The standard InChI is InChI=1S/C22H21N3O4/c1-15(24)19(12-23)20(26)14-29-22(28)18-11-7-6-10-17(18)21(27)25(2)13-16-8-4-3-5-9-16/h3-11H,13-14,24H2,1-2H3. The van der Waals surface area contributed by atoms with Crippen LogP contribution in [0.2, 0.25) is 0 Å². The van der Waals surface area contributed by atoms with E-state index in [1.807, 2.05) is 30.3 Å². The number of amides is 1. The average molecular weight is 391 g/mol. The number of nitriles is 1. The van der Waals surface area contributed by atoms with Crippen LogP contribution in [-0.4, -0.2) is 36.2 Å². The highest BCUT2D eigenvalue weighted by molar-refractivity contribution is 6.06. The molecule has 0 aliphatic rings. The van der Waals surface area contributed by atoms with Crippen LogP contribution in [0.5, 0.6) is 0 Å². The summed E-state index contributed by atoms with van der Waals surface area (Å²) in [7, 11) is 1.63. The van der Waals surface area contributed by atoms with Crippen LogP contribution in [0.25, 0.3) is 0 Å². The van der Waals surface area contributed by atoms with Gasteiger partial charge in [-0.3, -0.25) is 9.59 Å². The summed E-state index contributed by atoms with van der Waals surface area (Å²) in [5.41, 5.74) is 6.41. The van der Waals surface area contributed by atoms with Crippen molar-refractivity contribution >= 4 is 17.7 Å². The minimum Gasteiger partial charge on any atom is -0.454 e. The van der Waals surface area contributed by atoms with E-state index >= 15 is 0 Å². The monoisotopic (exact) mass is 391 g/mol. The van der Waals surface area contributed by atoms with Gasteiger partial charge in [0.05, 0.1) is 11.1 Å². The number of rotatable bonds is 7. The number of nitrogens with zero attached hydrogens (tertiary/aromatic N) is 2. The SMILES string of the molecule is CC(N)=C(C#N)C(=O)COC(=O)c1ccccc1C(=O)N(C)Cc1ccccc1. The van der Waals surface area contributed by atoms with Crippen molar-refractivity contribution < 1.29 is 19.1 Å². The summed E-state index contributed by atoms with van der Waals surface area (Å²) in [5.74, 6) is -1.89. The van der Waals surface area contributed by atoms with Gasteiger partial charge in [-0.15, -0.1) is 0 Å². The molecular formula is C22H21N3O4. The molecule has 0 radical (unpaired) electrons. The number of esters is 1. The highest BCUT2D eigenvalue weighted by Crippen LogP contribution is 2.15. The molecule has 2 rings (SSSR count). The molecule has 0 aliphatic carbocycles. The predicted octanol–water partition coefficient (Wildman–Crippen LogP) is 2.44. The summed E-state index contributed by atoms with van der Waals surface area (Å²) < 4.78 is 5.01. The van der Waals surface area contributed by atoms with Crippen LogP contribution in [0.4, 0.5) is 0 Å². The predicted molar refractivity (Wildman–Crippen MR) is 106 cm³/mol. The van der Waals surface area contributed by atoms with Gasteiger partial charge in [0.25, 0.3) is 5.91 Å². The smallest absolute Gasteiger partial charge is 0.339 e. The van der Waals surface area contributed by atoms with Gasteiger partial charge in [0, 0.05) is 19.3 Å². The molecule has 0 fully saturated rings. The summed E-state index contributed by atoms with van der Waals surface area (Å²) in [4.78, 5) is 38.8. The van der Waals surface area contributed by atoms with E-state index in [-0.39, 0.29) is 28.3 Å². The molecule has 0 heterocycles. The Balaban J connectivity index is 2.14. The Hall–Kier alpha value is -3.92. The van der Waals surface area contributed by atoms with Crippen molar-refractivity contribution in [2.75, 3.05) is 13.7 Å². The van der Waals surface area contributed by atoms with Gasteiger partial charge in [0.2, 0.25) is 5.78 Å². The zero-order valence-electron chi connectivity index (χ0n) is 16.2.